The van der Waals surface area contributed by atoms with Crippen molar-refractivity contribution in [3.63, 3.8) is 0 Å². The van der Waals surface area contributed by atoms with Crippen LogP contribution in [0.5, 0.6) is 0 Å². The van der Waals surface area contributed by atoms with Gasteiger partial charge in [-0.15, -0.1) is 0 Å². The number of hydrogen-bond acceptors (Lipinski definition) is 3. The van der Waals surface area contributed by atoms with Crippen LogP contribution < -0.4 is 5.73 Å². The molecule has 1 heterocycles. The average Bonchev–Trinajstić information content (AvgIpc) is 2.34. The van der Waals surface area contributed by atoms with Gasteiger partial charge in [0.2, 0.25) is 5.91 Å². The lowest BCUT2D eigenvalue weighted by Gasteiger charge is -1.88. The number of aryl methyl sites for hydroxylation is 1. The molecule has 1 amide bonds. The monoisotopic (exact) mass is 140 g/mol. The summed E-state index contributed by atoms with van der Waals surface area (Å²) in [6.07, 6.45) is 3.79. The van der Waals surface area contributed by atoms with Gasteiger partial charge in [0.05, 0.1) is 6.20 Å². The Morgan fingerprint density at radius 2 is 2.60 bits per heavy atom. The predicted octanol–water partition coefficient (Wildman–Crippen LogP) is 0.0925. The molecule has 0 saturated heterocycles. The van der Waals surface area contributed by atoms with Crippen molar-refractivity contribution in [2.75, 3.05) is 0 Å². The van der Waals surface area contributed by atoms with Crippen LogP contribution in [0.4, 0.5) is 0 Å². The maximum atomic E-state index is 10.2. The molecule has 0 aromatic carbocycles. The molecule has 0 bridgehead atoms. The number of nitrogens with zero attached hydrogens (tertiary/aromatic N) is 1. The largest absolute Gasteiger partial charge is 0.449 e. The van der Waals surface area contributed by atoms with Crippen LogP contribution in [0.3, 0.4) is 0 Å². The lowest BCUT2D eigenvalue weighted by atomic mass is 10.3. The highest BCUT2D eigenvalue weighted by Gasteiger charge is 1.99. The smallest absolute Gasteiger partial charge is 0.217 e. The second kappa shape index (κ2) is 3.00. The minimum absolute atomic E-state index is 0.292. The van der Waals surface area contributed by atoms with Crippen molar-refractivity contribution < 1.29 is 9.21 Å². The Bertz CT molecular complexity index is 206. The lowest BCUT2D eigenvalue weighted by molar-refractivity contribution is -0.118. The van der Waals surface area contributed by atoms with Crippen LogP contribution in [0.2, 0.25) is 0 Å². The molecule has 0 spiro atoms. The van der Waals surface area contributed by atoms with E-state index >= 15 is 0 Å². The second-order valence-electron chi connectivity index (χ2n) is 1.89. The van der Waals surface area contributed by atoms with Gasteiger partial charge in [-0.2, -0.15) is 0 Å². The van der Waals surface area contributed by atoms with Gasteiger partial charge in [0.1, 0.15) is 6.26 Å². The maximum Gasteiger partial charge on any atom is 0.217 e. The average molecular weight is 140 g/mol. The molecular weight excluding hydrogens is 132 g/mol. The lowest BCUT2D eigenvalue weighted by Crippen LogP contribution is -2.11. The van der Waals surface area contributed by atoms with Gasteiger partial charge in [-0.25, -0.2) is 4.98 Å². The van der Waals surface area contributed by atoms with E-state index < -0.39 is 0 Å². The minimum Gasteiger partial charge on any atom is -0.449 e. The first-order valence-electron chi connectivity index (χ1n) is 2.95. The number of hydrogen-bond donors (Lipinski definition) is 1. The number of carbonyl (C=O) groups excluding carboxylic acids is 1. The van der Waals surface area contributed by atoms with E-state index in [1.165, 1.54) is 12.5 Å². The van der Waals surface area contributed by atoms with Crippen LogP contribution in [0.1, 0.15) is 12.3 Å². The highest BCUT2D eigenvalue weighted by Crippen LogP contribution is 1.97. The van der Waals surface area contributed by atoms with E-state index in [1.54, 1.807) is 0 Å². The Kier molecular flexibility index (Phi) is 2.04. The van der Waals surface area contributed by atoms with Gasteiger partial charge in [0.15, 0.2) is 5.89 Å². The van der Waals surface area contributed by atoms with Crippen LogP contribution >= 0.6 is 0 Å². The first kappa shape index (κ1) is 6.80. The summed E-state index contributed by atoms with van der Waals surface area (Å²) in [6.45, 7) is 0. The molecular formula is C6H8N2O2. The minimum atomic E-state index is -0.335. The Morgan fingerprint density at radius 1 is 1.80 bits per heavy atom. The third-order valence-corrected chi connectivity index (χ3v) is 1.07. The molecule has 0 unspecified atom stereocenters. The summed E-state index contributed by atoms with van der Waals surface area (Å²) in [7, 11) is 0. The molecule has 4 nitrogen and oxygen atoms in total. The normalized spacial score (nSPS) is 9.60. The van der Waals surface area contributed by atoms with Gasteiger partial charge in [-0.3, -0.25) is 4.79 Å². The third kappa shape index (κ3) is 1.89. The van der Waals surface area contributed by atoms with Crippen LogP contribution in [0, 0.1) is 0 Å². The van der Waals surface area contributed by atoms with Crippen molar-refractivity contribution in [2.45, 2.75) is 12.8 Å². The van der Waals surface area contributed by atoms with E-state index in [9.17, 15) is 4.79 Å². The quantitative estimate of drug-likeness (QED) is 0.647. The SMILES string of the molecule is NC(=O)CCc1ncco1. The molecule has 0 aliphatic carbocycles. The Morgan fingerprint density at radius 3 is 3.10 bits per heavy atom. The summed E-state index contributed by atoms with van der Waals surface area (Å²) in [4.78, 5) is 14.1. The Labute approximate surface area is 58.0 Å². The molecule has 0 fully saturated rings. The fourth-order valence-electron chi connectivity index (χ4n) is 0.607. The van der Waals surface area contributed by atoms with Gasteiger partial charge >= 0.3 is 0 Å². The summed E-state index contributed by atoms with van der Waals surface area (Å²) >= 11 is 0. The molecule has 0 saturated carbocycles. The molecule has 0 atom stereocenters. The standard InChI is InChI=1S/C6H8N2O2/c7-5(9)1-2-6-8-3-4-10-6/h3-4H,1-2H2,(H2,7,9). The van der Waals surface area contributed by atoms with Crippen LogP contribution in [-0.2, 0) is 11.2 Å². The number of carbonyl (C=O) groups is 1. The molecule has 0 aliphatic heterocycles. The van der Waals surface area contributed by atoms with Crippen LogP contribution in [0.15, 0.2) is 16.9 Å². The third-order valence-electron chi connectivity index (χ3n) is 1.07. The van der Waals surface area contributed by atoms with Gasteiger partial charge < -0.3 is 10.2 Å². The van der Waals surface area contributed by atoms with Crippen molar-refractivity contribution >= 4 is 5.91 Å². The number of oxazole rings is 1. The fraction of sp³-hybridized carbons (Fsp3) is 0.333. The fourth-order valence-corrected chi connectivity index (χ4v) is 0.607. The number of aromatic nitrogens is 1. The van der Waals surface area contributed by atoms with Crippen molar-refractivity contribution in [1.29, 1.82) is 0 Å². The van der Waals surface area contributed by atoms with Crippen molar-refractivity contribution in [3.8, 4) is 0 Å². The molecule has 1 aromatic rings. The zero-order chi connectivity index (χ0) is 7.40. The molecule has 10 heavy (non-hydrogen) atoms. The number of rotatable bonds is 3. The molecule has 4 heteroatoms. The summed E-state index contributed by atoms with van der Waals surface area (Å²) in [5.41, 5.74) is 4.90. The molecule has 54 valence electrons. The van der Waals surface area contributed by atoms with E-state index in [-0.39, 0.29) is 5.91 Å². The van der Waals surface area contributed by atoms with Gasteiger partial charge in [0.25, 0.3) is 0 Å². The van der Waals surface area contributed by atoms with Crippen LogP contribution in [0.25, 0.3) is 0 Å². The van der Waals surface area contributed by atoms with Crippen molar-refractivity contribution in [1.82, 2.24) is 4.98 Å². The van der Waals surface area contributed by atoms with Gasteiger partial charge in [0, 0.05) is 12.8 Å². The zero-order valence-electron chi connectivity index (χ0n) is 5.41. The molecule has 0 radical (unpaired) electrons. The van der Waals surface area contributed by atoms with E-state index in [0.29, 0.717) is 18.7 Å². The van der Waals surface area contributed by atoms with E-state index in [0.717, 1.165) is 0 Å². The van der Waals surface area contributed by atoms with E-state index in [4.69, 9.17) is 10.2 Å². The molecule has 1 rings (SSSR count). The molecule has 1 aromatic heterocycles. The predicted molar refractivity (Wildman–Crippen MR) is 34.0 cm³/mol. The summed E-state index contributed by atoms with van der Waals surface area (Å²) in [6, 6.07) is 0. The zero-order valence-corrected chi connectivity index (χ0v) is 5.41. The topological polar surface area (TPSA) is 69.1 Å². The second-order valence-corrected chi connectivity index (χ2v) is 1.89. The van der Waals surface area contributed by atoms with Gasteiger partial charge in [-0.05, 0) is 0 Å². The Hall–Kier alpha value is -1.32. The summed E-state index contributed by atoms with van der Waals surface area (Å²) in [5, 5.41) is 0. The number of amides is 1. The molecule has 2 N–H and O–H groups in total. The van der Waals surface area contributed by atoms with E-state index in [1.807, 2.05) is 0 Å². The first-order valence-corrected chi connectivity index (χ1v) is 2.95. The first-order chi connectivity index (χ1) is 4.79. The Balaban J connectivity index is 2.35. The summed E-state index contributed by atoms with van der Waals surface area (Å²) in [5.74, 6) is 0.219. The highest BCUT2D eigenvalue weighted by atomic mass is 16.3. The number of nitrogens with two attached hydrogens (primary N) is 1. The maximum absolute atomic E-state index is 10.2. The van der Waals surface area contributed by atoms with E-state index in [2.05, 4.69) is 4.98 Å². The van der Waals surface area contributed by atoms with Crippen molar-refractivity contribution in [3.05, 3.63) is 18.4 Å². The number of primary amides is 1. The van der Waals surface area contributed by atoms with Crippen LogP contribution in [-0.4, -0.2) is 10.9 Å². The van der Waals surface area contributed by atoms with Crippen molar-refractivity contribution in [2.24, 2.45) is 5.73 Å². The highest BCUT2D eigenvalue weighted by molar-refractivity contribution is 5.73. The summed E-state index contributed by atoms with van der Waals surface area (Å²) < 4.78 is 4.86. The van der Waals surface area contributed by atoms with Gasteiger partial charge in [-0.1, -0.05) is 0 Å². The molecule has 0 aliphatic rings.